The minimum atomic E-state index is -0.0464. The van der Waals surface area contributed by atoms with Crippen molar-refractivity contribution >= 4 is 28.2 Å². The van der Waals surface area contributed by atoms with Crippen LogP contribution in [0.1, 0.15) is 28.9 Å². The molecule has 2 atom stereocenters. The maximum Gasteiger partial charge on any atom is 0.267 e. The number of carbonyl (C=O) groups is 1. The van der Waals surface area contributed by atoms with Crippen LogP contribution in [-0.2, 0) is 0 Å². The molecule has 116 valence electrons. The number of thiazole rings is 1. The minimum Gasteiger partial charge on any atom is -0.382 e. The van der Waals surface area contributed by atoms with Crippen LogP contribution in [0, 0.1) is 0 Å². The Morgan fingerprint density at radius 3 is 2.62 bits per heavy atom. The Hall–Kier alpha value is -1.38. The predicted octanol–water partition coefficient (Wildman–Crippen LogP) is -0.174. The molecule has 2 unspecified atom stereocenters. The summed E-state index contributed by atoms with van der Waals surface area (Å²) in [5.74, 6) is 0.273. The number of rotatable bonds is 2. The quantitative estimate of drug-likeness (QED) is 0.698. The van der Waals surface area contributed by atoms with E-state index in [-0.39, 0.29) is 18.0 Å². The Labute approximate surface area is 128 Å². The Bertz CT molecular complexity index is 533. The second-order valence-electron chi connectivity index (χ2n) is 5.86. The van der Waals surface area contributed by atoms with Crippen molar-refractivity contribution in [1.82, 2.24) is 9.88 Å². The normalized spacial score (nSPS) is 26.4. The van der Waals surface area contributed by atoms with E-state index < -0.39 is 0 Å². The van der Waals surface area contributed by atoms with Gasteiger partial charge in [-0.3, -0.25) is 4.79 Å². The first-order chi connectivity index (χ1) is 10.0. The molecule has 0 aromatic carbocycles. The number of amides is 1. The third-order valence-electron chi connectivity index (χ3n) is 4.08. The summed E-state index contributed by atoms with van der Waals surface area (Å²) >= 11 is 1.36. The fourth-order valence-corrected chi connectivity index (χ4v) is 3.90. The lowest BCUT2D eigenvalue weighted by atomic mass is 10.1. The number of nitrogens with zero attached hydrogens (tertiary/aromatic N) is 3. The lowest BCUT2D eigenvalue weighted by Gasteiger charge is -2.30. The highest BCUT2D eigenvalue weighted by molar-refractivity contribution is 7.18. The molecule has 2 fully saturated rings. The smallest absolute Gasteiger partial charge is 0.267 e. The molecular weight excluding hydrogens is 288 g/mol. The summed E-state index contributed by atoms with van der Waals surface area (Å²) in [5, 5.41) is 0.796. The molecule has 2 saturated heterocycles. The molecule has 3 rings (SSSR count). The van der Waals surface area contributed by atoms with Crippen LogP contribution >= 0.6 is 11.3 Å². The van der Waals surface area contributed by atoms with Crippen LogP contribution in [0.2, 0.25) is 0 Å². The Balaban J connectivity index is 1.76. The molecule has 0 bridgehead atoms. The first kappa shape index (κ1) is 14.6. The number of likely N-dealkylation sites (tertiary alicyclic amines) is 1. The second kappa shape index (κ2) is 5.78. The molecule has 8 heteroatoms. The number of nitrogens with two attached hydrogens (primary N) is 3. The van der Waals surface area contributed by atoms with Gasteiger partial charge in [0.2, 0.25) is 0 Å². The monoisotopic (exact) mass is 310 g/mol. The summed E-state index contributed by atoms with van der Waals surface area (Å²) in [6.07, 6.45) is 2.86. The van der Waals surface area contributed by atoms with Crippen molar-refractivity contribution < 1.29 is 4.79 Å². The van der Waals surface area contributed by atoms with Gasteiger partial charge in [0.05, 0.1) is 0 Å². The summed E-state index contributed by atoms with van der Waals surface area (Å²) in [6, 6.07) is 0.238. The van der Waals surface area contributed by atoms with Crippen LogP contribution in [0.15, 0.2) is 0 Å². The van der Waals surface area contributed by atoms with Crippen molar-refractivity contribution in [2.75, 3.05) is 36.8 Å². The average Bonchev–Trinajstić information content (AvgIpc) is 3.04. The predicted molar refractivity (Wildman–Crippen MR) is 84.4 cm³/mol. The van der Waals surface area contributed by atoms with Gasteiger partial charge in [-0.2, -0.15) is 0 Å². The molecule has 1 aromatic heterocycles. The standard InChI is InChI=1S/C13H22N6OS/c14-8-2-1-4-18(6-8)12(20)10-11(16)17-13(21-10)19-5-3-9(15)7-19/h8-9H,1-7,14-16H2. The fourth-order valence-electron chi connectivity index (χ4n) is 2.91. The summed E-state index contributed by atoms with van der Waals surface area (Å²) in [4.78, 5) is 21.3. The van der Waals surface area contributed by atoms with E-state index in [2.05, 4.69) is 9.88 Å². The Morgan fingerprint density at radius 1 is 1.19 bits per heavy atom. The van der Waals surface area contributed by atoms with Crippen molar-refractivity contribution in [1.29, 1.82) is 0 Å². The largest absolute Gasteiger partial charge is 0.382 e. The number of piperidine rings is 1. The van der Waals surface area contributed by atoms with Crippen LogP contribution in [0.4, 0.5) is 10.9 Å². The van der Waals surface area contributed by atoms with Crippen molar-refractivity contribution in [3.05, 3.63) is 4.88 Å². The molecule has 6 N–H and O–H groups in total. The van der Waals surface area contributed by atoms with Gasteiger partial charge >= 0.3 is 0 Å². The highest BCUT2D eigenvalue weighted by Gasteiger charge is 2.28. The molecule has 7 nitrogen and oxygen atoms in total. The van der Waals surface area contributed by atoms with Gasteiger partial charge in [-0.25, -0.2) is 4.98 Å². The van der Waals surface area contributed by atoms with Gasteiger partial charge in [-0.15, -0.1) is 0 Å². The van der Waals surface area contributed by atoms with E-state index in [1.807, 2.05) is 0 Å². The first-order valence-corrected chi connectivity index (χ1v) is 8.18. The van der Waals surface area contributed by atoms with Gasteiger partial charge in [0.15, 0.2) is 5.13 Å². The molecule has 1 amide bonds. The van der Waals surface area contributed by atoms with Crippen molar-refractivity contribution in [2.24, 2.45) is 11.5 Å². The lowest BCUT2D eigenvalue weighted by Crippen LogP contribution is -2.45. The number of nitrogen functional groups attached to an aromatic ring is 1. The van der Waals surface area contributed by atoms with E-state index in [0.29, 0.717) is 17.2 Å². The van der Waals surface area contributed by atoms with Crippen LogP contribution in [0.3, 0.4) is 0 Å². The van der Waals surface area contributed by atoms with E-state index in [1.54, 1.807) is 4.90 Å². The zero-order chi connectivity index (χ0) is 15.0. The molecule has 0 aliphatic carbocycles. The zero-order valence-electron chi connectivity index (χ0n) is 12.0. The summed E-state index contributed by atoms with van der Waals surface area (Å²) in [6.45, 7) is 2.99. The number of hydrogen-bond donors (Lipinski definition) is 3. The lowest BCUT2D eigenvalue weighted by molar-refractivity contribution is 0.0714. The SMILES string of the molecule is Nc1nc(N2CCC(N)C2)sc1C(=O)N1CCCC(N)C1. The molecule has 3 heterocycles. The maximum absolute atomic E-state index is 12.6. The molecule has 0 spiro atoms. The number of hydrogen-bond acceptors (Lipinski definition) is 7. The second-order valence-corrected chi connectivity index (χ2v) is 6.84. The average molecular weight is 310 g/mol. The third kappa shape index (κ3) is 2.97. The molecule has 2 aliphatic rings. The Morgan fingerprint density at radius 2 is 1.95 bits per heavy atom. The number of anilines is 2. The van der Waals surface area contributed by atoms with Crippen LogP contribution in [0.25, 0.3) is 0 Å². The fraction of sp³-hybridized carbons (Fsp3) is 0.692. The summed E-state index contributed by atoms with van der Waals surface area (Å²) in [5.41, 5.74) is 17.8. The molecule has 2 aliphatic heterocycles. The van der Waals surface area contributed by atoms with Gasteiger partial charge < -0.3 is 27.0 Å². The van der Waals surface area contributed by atoms with Crippen molar-refractivity contribution in [3.8, 4) is 0 Å². The summed E-state index contributed by atoms with van der Waals surface area (Å²) < 4.78 is 0. The van der Waals surface area contributed by atoms with Gasteiger partial charge in [-0.05, 0) is 19.3 Å². The number of carbonyl (C=O) groups excluding carboxylic acids is 1. The zero-order valence-corrected chi connectivity index (χ0v) is 12.8. The maximum atomic E-state index is 12.6. The van der Waals surface area contributed by atoms with Crippen LogP contribution in [-0.4, -0.2) is 54.1 Å². The first-order valence-electron chi connectivity index (χ1n) is 7.36. The molecule has 1 aromatic rings. The van der Waals surface area contributed by atoms with Gasteiger partial charge in [-0.1, -0.05) is 11.3 Å². The molecular formula is C13H22N6OS. The van der Waals surface area contributed by atoms with E-state index in [0.717, 1.165) is 44.0 Å². The van der Waals surface area contributed by atoms with E-state index >= 15 is 0 Å². The van der Waals surface area contributed by atoms with Gasteiger partial charge in [0, 0.05) is 38.3 Å². The number of aromatic nitrogens is 1. The van der Waals surface area contributed by atoms with E-state index in [9.17, 15) is 4.79 Å². The van der Waals surface area contributed by atoms with Crippen LogP contribution < -0.4 is 22.1 Å². The summed E-state index contributed by atoms with van der Waals surface area (Å²) in [7, 11) is 0. The molecule has 0 saturated carbocycles. The minimum absolute atomic E-state index is 0.0464. The van der Waals surface area contributed by atoms with Gasteiger partial charge in [0.25, 0.3) is 5.91 Å². The topological polar surface area (TPSA) is 114 Å². The van der Waals surface area contributed by atoms with Crippen molar-refractivity contribution in [2.45, 2.75) is 31.3 Å². The van der Waals surface area contributed by atoms with Gasteiger partial charge in [0.1, 0.15) is 10.7 Å². The van der Waals surface area contributed by atoms with E-state index in [1.165, 1.54) is 11.3 Å². The molecule has 0 radical (unpaired) electrons. The third-order valence-corrected chi connectivity index (χ3v) is 5.20. The highest BCUT2D eigenvalue weighted by atomic mass is 32.1. The highest BCUT2D eigenvalue weighted by Crippen LogP contribution is 2.31. The molecule has 21 heavy (non-hydrogen) atoms. The van der Waals surface area contributed by atoms with Crippen LogP contribution in [0.5, 0.6) is 0 Å². The van der Waals surface area contributed by atoms with E-state index in [4.69, 9.17) is 17.2 Å². The van der Waals surface area contributed by atoms with Crippen molar-refractivity contribution in [3.63, 3.8) is 0 Å². The Kier molecular flexibility index (Phi) is 4.01.